The Hall–Kier alpha value is -0.590. The molecule has 1 saturated carbocycles. The summed E-state index contributed by atoms with van der Waals surface area (Å²) in [6.07, 6.45) is 9.36. The molecule has 1 aliphatic carbocycles. The Balaban J connectivity index is 2.13. The first-order valence-corrected chi connectivity index (χ1v) is 7.47. The van der Waals surface area contributed by atoms with Gasteiger partial charge in [-0.25, -0.2) is 0 Å². The fourth-order valence-corrected chi connectivity index (χ4v) is 2.96. The Bertz CT molecular complexity index is 262. The number of nitrogens with zero attached hydrogens (tertiary/aromatic N) is 1. The minimum absolute atomic E-state index is 0.286. The van der Waals surface area contributed by atoms with Gasteiger partial charge in [-0.05, 0) is 38.6 Å². The zero-order valence-electron chi connectivity index (χ0n) is 12.0. The number of hydrogen-bond acceptors (Lipinski definition) is 3. The van der Waals surface area contributed by atoms with Crippen molar-refractivity contribution in [3.63, 3.8) is 0 Å². The van der Waals surface area contributed by atoms with Gasteiger partial charge in [0, 0.05) is 13.2 Å². The van der Waals surface area contributed by atoms with E-state index in [4.69, 9.17) is 4.74 Å². The summed E-state index contributed by atoms with van der Waals surface area (Å²) in [6, 6.07) is 2.48. The van der Waals surface area contributed by atoms with Crippen molar-refractivity contribution in [2.24, 2.45) is 5.92 Å². The van der Waals surface area contributed by atoms with Crippen LogP contribution in [0.25, 0.3) is 0 Å². The number of nitrogens with one attached hydrogen (secondary N) is 1. The predicted molar refractivity (Wildman–Crippen MR) is 74.3 cm³/mol. The van der Waals surface area contributed by atoms with Crippen LogP contribution in [0.3, 0.4) is 0 Å². The van der Waals surface area contributed by atoms with Gasteiger partial charge in [0.15, 0.2) is 0 Å². The molecule has 0 heterocycles. The molecule has 1 fully saturated rings. The first-order valence-electron chi connectivity index (χ1n) is 7.47. The van der Waals surface area contributed by atoms with Gasteiger partial charge in [-0.3, -0.25) is 0 Å². The Labute approximate surface area is 112 Å². The van der Waals surface area contributed by atoms with Crippen LogP contribution in [0.1, 0.15) is 58.3 Å². The molecule has 0 radical (unpaired) electrons. The molecule has 0 bridgehead atoms. The van der Waals surface area contributed by atoms with Crippen LogP contribution in [-0.2, 0) is 4.74 Å². The molecule has 0 aliphatic heterocycles. The molecule has 3 heteroatoms. The molecular weight excluding hydrogens is 224 g/mol. The smallest absolute Gasteiger partial charge is 0.109 e. The maximum Gasteiger partial charge on any atom is 0.109 e. The second kappa shape index (κ2) is 8.50. The molecule has 0 aromatic rings. The summed E-state index contributed by atoms with van der Waals surface area (Å²) in [6.45, 7) is 3.91. The molecule has 0 spiro atoms. The lowest BCUT2D eigenvalue weighted by atomic mass is 9.86. The number of ether oxygens (including phenoxy) is 1. The maximum atomic E-state index is 9.33. The van der Waals surface area contributed by atoms with E-state index in [2.05, 4.69) is 18.3 Å². The first kappa shape index (κ1) is 15.5. The quantitative estimate of drug-likeness (QED) is 0.641. The zero-order valence-corrected chi connectivity index (χ0v) is 12.0. The molecule has 1 aliphatic rings. The van der Waals surface area contributed by atoms with Gasteiger partial charge in [0.25, 0.3) is 0 Å². The molecule has 0 amide bonds. The molecule has 0 aromatic heterocycles. The van der Waals surface area contributed by atoms with Crippen LogP contribution in [-0.4, -0.2) is 25.8 Å². The third kappa shape index (κ3) is 4.26. The van der Waals surface area contributed by atoms with Crippen molar-refractivity contribution in [3.05, 3.63) is 0 Å². The highest BCUT2D eigenvalue weighted by atomic mass is 16.5. The molecule has 1 rings (SSSR count). The molecular formula is C15H28N2O. The van der Waals surface area contributed by atoms with E-state index in [9.17, 15) is 5.26 Å². The van der Waals surface area contributed by atoms with Crippen molar-refractivity contribution in [2.75, 3.05) is 20.3 Å². The highest BCUT2D eigenvalue weighted by Crippen LogP contribution is 2.37. The minimum Gasteiger partial charge on any atom is -0.381 e. The Morgan fingerprint density at radius 3 is 2.83 bits per heavy atom. The minimum atomic E-state index is -0.286. The molecule has 18 heavy (non-hydrogen) atoms. The van der Waals surface area contributed by atoms with E-state index in [0.717, 1.165) is 38.9 Å². The Morgan fingerprint density at radius 1 is 1.33 bits per heavy atom. The standard InChI is InChI=1S/C15H28N2O/c1-3-4-5-6-11-18-12-9-14-8-7-10-15(14,13-16)17-2/h14,17H,3-12H2,1-2H3. The van der Waals surface area contributed by atoms with Crippen LogP contribution < -0.4 is 5.32 Å². The molecule has 0 saturated heterocycles. The van der Waals surface area contributed by atoms with Crippen molar-refractivity contribution in [1.82, 2.24) is 5.32 Å². The van der Waals surface area contributed by atoms with E-state index < -0.39 is 0 Å². The van der Waals surface area contributed by atoms with Crippen molar-refractivity contribution in [3.8, 4) is 6.07 Å². The lowest BCUT2D eigenvalue weighted by molar-refractivity contribution is 0.109. The van der Waals surface area contributed by atoms with Gasteiger partial charge in [0.2, 0.25) is 0 Å². The van der Waals surface area contributed by atoms with Gasteiger partial charge in [0.1, 0.15) is 5.54 Å². The van der Waals surface area contributed by atoms with Crippen molar-refractivity contribution in [2.45, 2.75) is 63.8 Å². The number of rotatable bonds is 9. The van der Waals surface area contributed by atoms with Crippen LogP contribution in [0.2, 0.25) is 0 Å². The first-order chi connectivity index (χ1) is 8.79. The van der Waals surface area contributed by atoms with E-state index in [1.807, 2.05) is 7.05 Å². The summed E-state index contributed by atoms with van der Waals surface area (Å²) < 4.78 is 5.69. The Morgan fingerprint density at radius 2 is 2.17 bits per heavy atom. The van der Waals surface area contributed by atoms with Crippen LogP contribution in [0.15, 0.2) is 0 Å². The lowest BCUT2D eigenvalue weighted by Gasteiger charge is -2.28. The van der Waals surface area contributed by atoms with Gasteiger partial charge in [0.05, 0.1) is 6.07 Å². The predicted octanol–water partition coefficient (Wildman–Crippen LogP) is 3.26. The van der Waals surface area contributed by atoms with Gasteiger partial charge < -0.3 is 10.1 Å². The van der Waals surface area contributed by atoms with Crippen LogP contribution in [0, 0.1) is 17.2 Å². The normalized spacial score (nSPS) is 27.3. The average Bonchev–Trinajstić information content (AvgIpc) is 2.81. The summed E-state index contributed by atoms with van der Waals surface area (Å²) in [4.78, 5) is 0. The number of unbranched alkanes of at least 4 members (excludes halogenated alkanes) is 3. The zero-order chi connectivity index (χ0) is 13.3. The average molecular weight is 252 g/mol. The fraction of sp³-hybridized carbons (Fsp3) is 0.933. The molecule has 2 unspecified atom stereocenters. The van der Waals surface area contributed by atoms with Crippen molar-refractivity contribution >= 4 is 0 Å². The topological polar surface area (TPSA) is 45.0 Å². The molecule has 0 aromatic carbocycles. The van der Waals surface area contributed by atoms with Crippen LogP contribution in [0.4, 0.5) is 0 Å². The van der Waals surface area contributed by atoms with E-state index in [1.54, 1.807) is 0 Å². The van der Waals surface area contributed by atoms with Gasteiger partial charge >= 0.3 is 0 Å². The van der Waals surface area contributed by atoms with E-state index in [0.29, 0.717) is 5.92 Å². The SMILES string of the molecule is CCCCCCOCCC1CCCC1(C#N)NC. The lowest BCUT2D eigenvalue weighted by Crippen LogP contribution is -2.45. The maximum absolute atomic E-state index is 9.33. The summed E-state index contributed by atoms with van der Waals surface area (Å²) in [5.41, 5.74) is -0.286. The molecule has 104 valence electrons. The number of nitriles is 1. The largest absolute Gasteiger partial charge is 0.381 e. The summed E-state index contributed by atoms with van der Waals surface area (Å²) in [5, 5.41) is 12.6. The second-order valence-electron chi connectivity index (χ2n) is 5.38. The van der Waals surface area contributed by atoms with Gasteiger partial charge in [-0.2, -0.15) is 5.26 Å². The monoisotopic (exact) mass is 252 g/mol. The molecule has 1 N–H and O–H groups in total. The summed E-state index contributed by atoms with van der Waals surface area (Å²) in [5.74, 6) is 0.461. The Kier molecular flexibility index (Phi) is 7.31. The van der Waals surface area contributed by atoms with Crippen LogP contribution in [0.5, 0.6) is 0 Å². The fourth-order valence-electron chi connectivity index (χ4n) is 2.96. The highest BCUT2D eigenvalue weighted by molar-refractivity contribution is 5.13. The molecule has 3 nitrogen and oxygen atoms in total. The third-order valence-electron chi connectivity index (χ3n) is 4.22. The third-order valence-corrected chi connectivity index (χ3v) is 4.22. The van der Waals surface area contributed by atoms with Crippen molar-refractivity contribution < 1.29 is 4.74 Å². The highest BCUT2D eigenvalue weighted by Gasteiger charge is 2.41. The summed E-state index contributed by atoms with van der Waals surface area (Å²) >= 11 is 0. The second-order valence-corrected chi connectivity index (χ2v) is 5.38. The van der Waals surface area contributed by atoms with Crippen LogP contribution >= 0.6 is 0 Å². The molecule has 2 atom stereocenters. The van der Waals surface area contributed by atoms with E-state index >= 15 is 0 Å². The number of hydrogen-bond donors (Lipinski definition) is 1. The van der Waals surface area contributed by atoms with Gasteiger partial charge in [-0.1, -0.05) is 32.6 Å². The van der Waals surface area contributed by atoms with E-state index in [-0.39, 0.29) is 5.54 Å². The summed E-state index contributed by atoms with van der Waals surface area (Å²) in [7, 11) is 1.91. The van der Waals surface area contributed by atoms with Gasteiger partial charge in [-0.15, -0.1) is 0 Å². The van der Waals surface area contributed by atoms with Crippen molar-refractivity contribution in [1.29, 1.82) is 5.26 Å². The van der Waals surface area contributed by atoms with E-state index in [1.165, 1.54) is 25.7 Å².